The van der Waals surface area contributed by atoms with Crippen LogP contribution in [0, 0.1) is 11.3 Å². The number of alkyl halides is 2. The fraction of sp³-hybridized carbons (Fsp3) is 0.316. The van der Waals surface area contributed by atoms with Gasteiger partial charge in [0.15, 0.2) is 5.96 Å². The molecule has 0 radical (unpaired) electrons. The van der Waals surface area contributed by atoms with Gasteiger partial charge in [0.2, 0.25) is 5.91 Å². The third-order valence-electron chi connectivity index (χ3n) is 4.83. The van der Waals surface area contributed by atoms with E-state index in [1.54, 1.807) is 18.4 Å². The van der Waals surface area contributed by atoms with E-state index < -0.39 is 17.4 Å². The minimum Gasteiger partial charge on any atom is -0.369 e. The fourth-order valence-corrected chi connectivity index (χ4v) is 4.31. The maximum absolute atomic E-state index is 13.5. The van der Waals surface area contributed by atoms with Crippen molar-refractivity contribution in [3.63, 3.8) is 0 Å². The molecule has 0 saturated carbocycles. The molecular weight excluding hydrogens is 370 g/mol. The summed E-state index contributed by atoms with van der Waals surface area (Å²) in [5.41, 5.74) is 5.65. The lowest BCUT2D eigenvalue weighted by atomic mass is 9.76. The average Bonchev–Trinajstić information content (AvgIpc) is 3.09. The van der Waals surface area contributed by atoms with E-state index in [4.69, 9.17) is 5.73 Å². The van der Waals surface area contributed by atoms with Gasteiger partial charge >= 0.3 is 0 Å². The van der Waals surface area contributed by atoms with E-state index in [0.29, 0.717) is 16.0 Å². The first-order valence-corrected chi connectivity index (χ1v) is 9.06. The van der Waals surface area contributed by atoms with Crippen molar-refractivity contribution in [2.24, 2.45) is 10.7 Å². The van der Waals surface area contributed by atoms with Crippen molar-refractivity contribution in [2.75, 3.05) is 7.05 Å². The first-order valence-electron chi connectivity index (χ1n) is 8.19. The molecule has 5 nitrogen and oxygen atoms in total. The molecule has 1 unspecified atom stereocenters. The number of nitriles is 1. The molecule has 3 rings (SSSR count). The van der Waals surface area contributed by atoms with Crippen LogP contribution in [0.15, 0.2) is 40.7 Å². The maximum atomic E-state index is 13.5. The number of hydrogen-bond donors (Lipinski definition) is 1. The van der Waals surface area contributed by atoms with Crippen LogP contribution >= 0.6 is 11.3 Å². The lowest BCUT2D eigenvalue weighted by molar-refractivity contribution is -0.130. The number of rotatable bonds is 3. The topological polar surface area (TPSA) is 82.5 Å². The Kier molecular flexibility index (Phi) is 4.52. The molecule has 2 atom stereocenters. The van der Waals surface area contributed by atoms with Crippen LogP contribution in [0.2, 0.25) is 0 Å². The van der Waals surface area contributed by atoms with Gasteiger partial charge in [-0.25, -0.2) is 13.8 Å². The number of aliphatic imine (C=N–C) groups is 1. The molecule has 2 N–H and O–H groups in total. The summed E-state index contributed by atoms with van der Waals surface area (Å²) >= 11 is 1.31. The molecule has 1 aliphatic heterocycles. The standard InChI is InChI=1S/C19H18F2N4OS/c1-18(15-12(10-22)8-9-27-15)14(16(26)25(3)17(23)24-18)11-4-6-13(7-5-11)19(2,20)21/h4-9,14H,1-3H3,(H2,23,24)/t14?,18-/m0/s1. The number of nitrogens with zero attached hydrogens (tertiary/aromatic N) is 3. The summed E-state index contributed by atoms with van der Waals surface area (Å²) in [6.07, 6.45) is 0. The SMILES string of the molecule is CN1C(=O)C(c2ccc(C(C)(F)F)cc2)[C@@](C)(c2sccc2C#N)N=C1N. The van der Waals surface area contributed by atoms with Crippen molar-refractivity contribution in [2.45, 2.75) is 31.2 Å². The first kappa shape index (κ1) is 19.0. The summed E-state index contributed by atoms with van der Waals surface area (Å²) < 4.78 is 27.1. The number of carbonyl (C=O) groups is 1. The highest BCUT2D eigenvalue weighted by Crippen LogP contribution is 2.47. The fourth-order valence-electron chi connectivity index (χ4n) is 3.33. The molecule has 2 aromatic rings. The van der Waals surface area contributed by atoms with Crippen LogP contribution in [0.25, 0.3) is 0 Å². The molecule has 8 heteroatoms. The second-order valence-corrected chi connectivity index (χ2v) is 7.65. The second kappa shape index (κ2) is 6.43. The monoisotopic (exact) mass is 388 g/mol. The van der Waals surface area contributed by atoms with Crippen molar-refractivity contribution in [1.82, 2.24) is 4.90 Å². The summed E-state index contributed by atoms with van der Waals surface area (Å²) in [6.45, 7) is 2.56. The van der Waals surface area contributed by atoms with E-state index in [9.17, 15) is 18.8 Å². The van der Waals surface area contributed by atoms with Crippen molar-refractivity contribution >= 4 is 23.2 Å². The number of likely N-dealkylation sites (N-methyl/N-ethyl adjacent to an activating group) is 1. The van der Waals surface area contributed by atoms with Crippen LogP contribution in [-0.4, -0.2) is 23.8 Å². The summed E-state index contributed by atoms with van der Waals surface area (Å²) in [6, 6.07) is 9.42. The third-order valence-corrected chi connectivity index (χ3v) is 5.97. The first-order chi connectivity index (χ1) is 12.6. The van der Waals surface area contributed by atoms with Gasteiger partial charge in [0, 0.05) is 19.5 Å². The summed E-state index contributed by atoms with van der Waals surface area (Å²) in [7, 11) is 1.52. The molecule has 0 bridgehead atoms. The lowest BCUT2D eigenvalue weighted by Gasteiger charge is -2.40. The zero-order valence-corrected chi connectivity index (χ0v) is 15.8. The number of thiophene rings is 1. The normalized spacial score (nSPS) is 23.1. The Balaban J connectivity index is 2.18. The molecule has 0 fully saturated rings. The van der Waals surface area contributed by atoms with Crippen molar-refractivity contribution in [1.29, 1.82) is 5.26 Å². The van der Waals surface area contributed by atoms with Crippen LogP contribution in [0.5, 0.6) is 0 Å². The van der Waals surface area contributed by atoms with Gasteiger partial charge in [-0.3, -0.25) is 9.69 Å². The Morgan fingerprint density at radius 3 is 2.52 bits per heavy atom. The van der Waals surface area contributed by atoms with E-state index >= 15 is 0 Å². The van der Waals surface area contributed by atoms with E-state index in [0.717, 1.165) is 6.92 Å². The lowest BCUT2D eigenvalue weighted by Crippen LogP contribution is -2.52. The van der Waals surface area contributed by atoms with Gasteiger partial charge in [0.05, 0.1) is 16.4 Å². The molecular formula is C19H18F2N4OS. The second-order valence-electron chi connectivity index (χ2n) is 6.73. The average molecular weight is 388 g/mol. The Bertz CT molecular complexity index is 955. The highest BCUT2D eigenvalue weighted by Gasteiger charge is 2.49. The van der Waals surface area contributed by atoms with Gasteiger partial charge < -0.3 is 5.73 Å². The predicted molar refractivity (Wildman–Crippen MR) is 99.5 cm³/mol. The number of halogens is 2. The quantitative estimate of drug-likeness (QED) is 0.873. The third kappa shape index (κ3) is 3.08. The summed E-state index contributed by atoms with van der Waals surface area (Å²) in [4.78, 5) is 19.5. The van der Waals surface area contributed by atoms with Crippen LogP contribution in [0.3, 0.4) is 0 Å². The molecule has 140 valence electrons. The Morgan fingerprint density at radius 2 is 1.96 bits per heavy atom. The van der Waals surface area contributed by atoms with Gasteiger partial charge in [-0.1, -0.05) is 24.3 Å². The summed E-state index contributed by atoms with van der Waals surface area (Å²) in [5, 5.41) is 11.2. The van der Waals surface area contributed by atoms with Crippen LogP contribution in [0.1, 0.15) is 41.3 Å². The van der Waals surface area contributed by atoms with Gasteiger partial charge in [-0.15, -0.1) is 11.3 Å². The number of benzene rings is 1. The number of guanidine groups is 1. The van der Waals surface area contributed by atoms with Crippen molar-refractivity contribution in [3.05, 3.63) is 57.3 Å². The smallest absolute Gasteiger partial charge is 0.270 e. The highest BCUT2D eigenvalue weighted by molar-refractivity contribution is 7.10. The summed E-state index contributed by atoms with van der Waals surface area (Å²) in [5.74, 6) is -4.02. The van der Waals surface area contributed by atoms with E-state index in [2.05, 4.69) is 11.1 Å². The Morgan fingerprint density at radius 1 is 1.33 bits per heavy atom. The zero-order valence-electron chi connectivity index (χ0n) is 15.0. The minimum atomic E-state index is -2.97. The molecule has 2 heterocycles. The van der Waals surface area contributed by atoms with Gasteiger partial charge in [-0.05, 0) is 23.9 Å². The number of nitrogens with two attached hydrogens (primary N) is 1. The highest BCUT2D eigenvalue weighted by atomic mass is 32.1. The molecule has 1 amide bonds. The Labute approximate surface area is 159 Å². The van der Waals surface area contributed by atoms with Crippen LogP contribution < -0.4 is 5.73 Å². The largest absolute Gasteiger partial charge is 0.369 e. The van der Waals surface area contributed by atoms with Gasteiger partial charge in [0.25, 0.3) is 5.92 Å². The van der Waals surface area contributed by atoms with E-state index in [1.165, 1.54) is 47.5 Å². The molecule has 1 aromatic heterocycles. The van der Waals surface area contributed by atoms with Crippen LogP contribution in [0.4, 0.5) is 8.78 Å². The van der Waals surface area contributed by atoms with Gasteiger partial charge in [0.1, 0.15) is 11.6 Å². The molecule has 1 aliphatic rings. The van der Waals surface area contributed by atoms with Gasteiger partial charge in [-0.2, -0.15) is 5.26 Å². The number of hydrogen-bond acceptors (Lipinski definition) is 5. The van der Waals surface area contributed by atoms with E-state index in [1.807, 2.05) is 0 Å². The molecule has 1 aromatic carbocycles. The van der Waals surface area contributed by atoms with Crippen LogP contribution in [-0.2, 0) is 16.3 Å². The molecule has 0 spiro atoms. The van der Waals surface area contributed by atoms with Crippen molar-refractivity contribution < 1.29 is 13.6 Å². The number of amides is 1. The molecule has 27 heavy (non-hydrogen) atoms. The maximum Gasteiger partial charge on any atom is 0.270 e. The molecule has 0 saturated heterocycles. The number of carbonyl (C=O) groups excluding carboxylic acids is 1. The molecule has 0 aliphatic carbocycles. The minimum absolute atomic E-state index is 0.0488. The Hall–Kier alpha value is -2.79. The predicted octanol–water partition coefficient (Wildman–Crippen LogP) is 3.52. The zero-order chi connectivity index (χ0) is 20.0. The van der Waals surface area contributed by atoms with E-state index in [-0.39, 0.29) is 17.4 Å². The van der Waals surface area contributed by atoms with Crippen molar-refractivity contribution in [3.8, 4) is 6.07 Å².